The van der Waals surface area contributed by atoms with E-state index in [0.29, 0.717) is 0 Å². The first-order chi connectivity index (χ1) is 5.95. The van der Waals surface area contributed by atoms with Crippen molar-refractivity contribution in [3.8, 4) is 6.07 Å². The van der Waals surface area contributed by atoms with Crippen LogP contribution in [0.15, 0.2) is 17.0 Å². The molecule has 0 bridgehead atoms. The standard InChI is InChI=1S/C7H7N3O2S/c1-5-7(13(9,11)12)3-2-6(4-8)10-5/h2-3H,1H3,(H2,9,11,12). The van der Waals surface area contributed by atoms with E-state index in [1.54, 1.807) is 6.07 Å². The molecule has 2 N–H and O–H groups in total. The smallest absolute Gasteiger partial charge is 0.239 e. The SMILES string of the molecule is Cc1nc(C#N)ccc1S(N)(=O)=O. The zero-order valence-electron chi connectivity index (χ0n) is 6.85. The Labute approximate surface area is 75.9 Å². The van der Waals surface area contributed by atoms with E-state index < -0.39 is 10.0 Å². The van der Waals surface area contributed by atoms with Gasteiger partial charge in [0.2, 0.25) is 10.0 Å². The quantitative estimate of drug-likeness (QED) is 0.680. The van der Waals surface area contributed by atoms with Crippen LogP contribution < -0.4 is 5.14 Å². The van der Waals surface area contributed by atoms with Gasteiger partial charge in [-0.25, -0.2) is 18.5 Å². The van der Waals surface area contributed by atoms with E-state index in [9.17, 15) is 8.42 Å². The third-order valence-electron chi connectivity index (χ3n) is 1.46. The van der Waals surface area contributed by atoms with Gasteiger partial charge in [-0.3, -0.25) is 0 Å². The number of aromatic nitrogens is 1. The fourth-order valence-corrected chi connectivity index (χ4v) is 1.63. The van der Waals surface area contributed by atoms with Crippen LogP contribution in [0.2, 0.25) is 0 Å². The van der Waals surface area contributed by atoms with Gasteiger partial charge in [-0.2, -0.15) is 5.26 Å². The number of primary sulfonamides is 1. The summed E-state index contributed by atoms with van der Waals surface area (Å²) in [5.74, 6) is 0. The van der Waals surface area contributed by atoms with Crippen LogP contribution in [0.1, 0.15) is 11.4 Å². The van der Waals surface area contributed by atoms with Crippen molar-refractivity contribution in [2.45, 2.75) is 11.8 Å². The van der Waals surface area contributed by atoms with Gasteiger partial charge in [0, 0.05) is 0 Å². The van der Waals surface area contributed by atoms with Crippen LogP contribution >= 0.6 is 0 Å². The lowest BCUT2D eigenvalue weighted by atomic mass is 10.3. The van der Waals surface area contributed by atoms with Crippen molar-refractivity contribution < 1.29 is 8.42 Å². The van der Waals surface area contributed by atoms with Gasteiger partial charge >= 0.3 is 0 Å². The Hall–Kier alpha value is -1.45. The van der Waals surface area contributed by atoms with Crippen LogP contribution in [-0.2, 0) is 10.0 Å². The van der Waals surface area contributed by atoms with Crippen molar-refractivity contribution in [1.82, 2.24) is 4.98 Å². The van der Waals surface area contributed by atoms with Crippen molar-refractivity contribution >= 4 is 10.0 Å². The van der Waals surface area contributed by atoms with Gasteiger partial charge in [0.05, 0.1) is 5.69 Å². The Morgan fingerprint density at radius 3 is 2.54 bits per heavy atom. The van der Waals surface area contributed by atoms with Gasteiger partial charge < -0.3 is 0 Å². The molecule has 0 aliphatic heterocycles. The maximum absolute atomic E-state index is 10.9. The maximum Gasteiger partial charge on any atom is 0.239 e. The van der Waals surface area contributed by atoms with E-state index >= 15 is 0 Å². The number of nitrogens with zero attached hydrogens (tertiary/aromatic N) is 2. The molecule has 68 valence electrons. The van der Waals surface area contributed by atoms with E-state index in [2.05, 4.69) is 4.98 Å². The van der Waals surface area contributed by atoms with E-state index in [4.69, 9.17) is 10.4 Å². The van der Waals surface area contributed by atoms with Gasteiger partial charge in [-0.1, -0.05) is 0 Å². The molecule has 6 heteroatoms. The lowest BCUT2D eigenvalue weighted by Gasteiger charge is -2.00. The van der Waals surface area contributed by atoms with Crippen molar-refractivity contribution in [2.75, 3.05) is 0 Å². The maximum atomic E-state index is 10.9. The first-order valence-electron chi connectivity index (χ1n) is 3.35. The summed E-state index contributed by atoms with van der Waals surface area (Å²) in [6.07, 6.45) is 0. The molecule has 0 aliphatic rings. The minimum absolute atomic E-state index is 0.0495. The fraction of sp³-hybridized carbons (Fsp3) is 0.143. The molecule has 0 atom stereocenters. The summed E-state index contributed by atoms with van der Waals surface area (Å²) in [5.41, 5.74) is 0.409. The molecule has 0 saturated heterocycles. The number of hydrogen-bond acceptors (Lipinski definition) is 4. The predicted molar refractivity (Wildman–Crippen MR) is 45.1 cm³/mol. The van der Waals surface area contributed by atoms with E-state index in [-0.39, 0.29) is 16.3 Å². The number of sulfonamides is 1. The van der Waals surface area contributed by atoms with Gasteiger partial charge in [-0.15, -0.1) is 0 Å². The predicted octanol–water partition coefficient (Wildman–Crippen LogP) is -0.0909. The van der Waals surface area contributed by atoms with Crippen LogP contribution in [-0.4, -0.2) is 13.4 Å². The van der Waals surface area contributed by atoms with Gasteiger partial charge in [0.25, 0.3) is 0 Å². The second-order valence-electron chi connectivity index (χ2n) is 2.44. The number of pyridine rings is 1. The van der Waals surface area contributed by atoms with Crippen LogP contribution in [0, 0.1) is 18.3 Å². The Balaban J connectivity index is 3.40. The average Bonchev–Trinajstić information content (AvgIpc) is 2.01. The number of nitriles is 1. The summed E-state index contributed by atoms with van der Waals surface area (Å²) in [6.45, 7) is 1.49. The number of hydrogen-bond donors (Lipinski definition) is 1. The highest BCUT2D eigenvalue weighted by atomic mass is 32.2. The average molecular weight is 197 g/mol. The van der Waals surface area contributed by atoms with Crippen molar-refractivity contribution in [2.24, 2.45) is 5.14 Å². The molecule has 0 saturated carbocycles. The largest absolute Gasteiger partial charge is 0.241 e. The highest BCUT2D eigenvalue weighted by Crippen LogP contribution is 2.10. The third-order valence-corrected chi connectivity index (χ3v) is 2.50. The van der Waals surface area contributed by atoms with E-state index in [0.717, 1.165) is 0 Å². The highest BCUT2D eigenvalue weighted by molar-refractivity contribution is 7.89. The molecule has 13 heavy (non-hydrogen) atoms. The highest BCUT2D eigenvalue weighted by Gasteiger charge is 2.12. The van der Waals surface area contributed by atoms with E-state index in [1.165, 1.54) is 19.1 Å². The minimum Gasteiger partial charge on any atom is -0.241 e. The molecule has 0 amide bonds. The van der Waals surface area contributed by atoms with Crippen LogP contribution in [0.3, 0.4) is 0 Å². The molecule has 0 aromatic carbocycles. The summed E-state index contributed by atoms with van der Waals surface area (Å²) in [5, 5.41) is 13.4. The lowest BCUT2D eigenvalue weighted by molar-refractivity contribution is 0.596. The zero-order valence-corrected chi connectivity index (χ0v) is 7.67. The Morgan fingerprint density at radius 2 is 2.15 bits per heavy atom. The Bertz CT molecular complexity index is 473. The molecule has 5 nitrogen and oxygen atoms in total. The van der Waals surface area contributed by atoms with Crippen molar-refractivity contribution in [1.29, 1.82) is 5.26 Å². The summed E-state index contributed by atoms with van der Waals surface area (Å²) in [7, 11) is -3.73. The molecular weight excluding hydrogens is 190 g/mol. The molecule has 0 unspecified atom stereocenters. The summed E-state index contributed by atoms with van der Waals surface area (Å²) in [6, 6.07) is 4.39. The molecule has 1 heterocycles. The van der Waals surface area contributed by atoms with Crippen molar-refractivity contribution in [3.63, 3.8) is 0 Å². The molecule has 0 aliphatic carbocycles. The van der Waals surface area contributed by atoms with Gasteiger partial charge in [0.1, 0.15) is 16.7 Å². The Kier molecular flexibility index (Phi) is 2.32. The monoisotopic (exact) mass is 197 g/mol. The zero-order chi connectivity index (χ0) is 10.1. The molecule has 0 fully saturated rings. The normalized spacial score (nSPS) is 10.8. The van der Waals surface area contributed by atoms with Crippen LogP contribution in [0.25, 0.3) is 0 Å². The molecular formula is C7H7N3O2S. The van der Waals surface area contributed by atoms with Crippen LogP contribution in [0.4, 0.5) is 0 Å². The summed E-state index contributed by atoms with van der Waals surface area (Å²) < 4.78 is 21.8. The Morgan fingerprint density at radius 1 is 1.54 bits per heavy atom. The molecule has 1 aromatic heterocycles. The summed E-state index contributed by atoms with van der Waals surface area (Å²) >= 11 is 0. The number of rotatable bonds is 1. The number of nitrogens with two attached hydrogens (primary N) is 1. The summed E-state index contributed by atoms with van der Waals surface area (Å²) in [4.78, 5) is 3.69. The van der Waals surface area contributed by atoms with Crippen LogP contribution in [0.5, 0.6) is 0 Å². The second kappa shape index (κ2) is 3.12. The molecule has 0 spiro atoms. The minimum atomic E-state index is -3.73. The van der Waals surface area contributed by atoms with Gasteiger partial charge in [0.15, 0.2) is 0 Å². The first kappa shape index (κ1) is 9.64. The second-order valence-corrected chi connectivity index (χ2v) is 3.97. The molecule has 1 rings (SSSR count). The topological polar surface area (TPSA) is 96.8 Å². The fourth-order valence-electron chi connectivity index (χ4n) is 0.911. The molecule has 0 radical (unpaired) electrons. The van der Waals surface area contributed by atoms with Gasteiger partial charge in [-0.05, 0) is 19.1 Å². The number of aryl methyl sites for hydroxylation is 1. The van der Waals surface area contributed by atoms with Crippen molar-refractivity contribution in [3.05, 3.63) is 23.5 Å². The van der Waals surface area contributed by atoms with E-state index in [1.807, 2.05) is 0 Å². The third kappa shape index (κ3) is 2.02. The first-order valence-corrected chi connectivity index (χ1v) is 4.90. The lowest BCUT2D eigenvalue weighted by Crippen LogP contribution is -2.14. The molecule has 1 aromatic rings.